The van der Waals surface area contributed by atoms with Crippen LogP contribution in [0.15, 0.2) is 0 Å². The molecular weight excluding hydrogens is 218 g/mol. The molecule has 0 saturated heterocycles. The van der Waals surface area contributed by atoms with Gasteiger partial charge in [-0.25, -0.2) is 13.1 Å². The van der Waals surface area contributed by atoms with Gasteiger partial charge in [-0.3, -0.25) is 4.79 Å². The highest BCUT2D eigenvalue weighted by atomic mass is 32.2. The summed E-state index contributed by atoms with van der Waals surface area (Å²) < 4.78 is 24.6. The minimum absolute atomic E-state index is 0.204. The van der Waals surface area contributed by atoms with Gasteiger partial charge < -0.3 is 5.32 Å². The van der Waals surface area contributed by atoms with E-state index in [1.807, 2.05) is 0 Å². The molecule has 7 heteroatoms. The first kappa shape index (κ1) is 11.9. The third-order valence-electron chi connectivity index (χ3n) is 2.02. The second-order valence-corrected chi connectivity index (χ2v) is 5.57. The Morgan fingerprint density at radius 1 is 1.60 bits per heavy atom. The SMILES string of the molecule is CC(C#N)S(=O)(=O)NCC(=O)NC1CC1. The number of nitrogens with zero attached hydrogens (tertiary/aromatic N) is 1. The zero-order valence-electron chi connectivity index (χ0n) is 8.36. The molecule has 0 bridgehead atoms. The van der Waals surface area contributed by atoms with Gasteiger partial charge >= 0.3 is 0 Å². The molecule has 1 rings (SSSR count). The predicted octanol–water partition coefficient (Wildman–Crippen LogP) is -0.904. The highest BCUT2D eigenvalue weighted by Crippen LogP contribution is 2.18. The molecule has 1 fully saturated rings. The smallest absolute Gasteiger partial charge is 0.235 e. The molecule has 0 aromatic rings. The number of hydrogen-bond acceptors (Lipinski definition) is 4. The molecule has 1 aliphatic carbocycles. The lowest BCUT2D eigenvalue weighted by Gasteiger charge is -2.07. The van der Waals surface area contributed by atoms with E-state index in [1.54, 1.807) is 6.07 Å². The summed E-state index contributed by atoms with van der Waals surface area (Å²) in [7, 11) is -3.69. The fraction of sp³-hybridized carbons (Fsp3) is 0.750. The molecule has 1 aliphatic rings. The van der Waals surface area contributed by atoms with E-state index in [0.29, 0.717) is 0 Å². The molecule has 0 aromatic heterocycles. The first-order valence-corrected chi connectivity index (χ1v) is 6.18. The Labute approximate surface area is 88.7 Å². The Hall–Kier alpha value is -1.13. The molecule has 2 N–H and O–H groups in total. The average Bonchev–Trinajstić information content (AvgIpc) is 2.97. The summed E-state index contributed by atoms with van der Waals surface area (Å²) in [6.07, 6.45) is 1.90. The number of hydrogen-bond donors (Lipinski definition) is 2. The lowest BCUT2D eigenvalue weighted by molar-refractivity contribution is -0.120. The Kier molecular flexibility index (Phi) is 3.66. The maximum atomic E-state index is 11.3. The molecule has 84 valence electrons. The molecule has 0 aromatic carbocycles. The van der Waals surface area contributed by atoms with Gasteiger partial charge in [0.2, 0.25) is 15.9 Å². The van der Waals surface area contributed by atoms with Gasteiger partial charge in [0.25, 0.3) is 0 Å². The molecule has 1 saturated carbocycles. The standard InChI is InChI=1S/C8H13N3O3S/c1-6(4-9)15(13,14)10-5-8(12)11-7-2-3-7/h6-7,10H,2-3,5H2,1H3,(H,11,12). The molecule has 1 unspecified atom stereocenters. The largest absolute Gasteiger partial charge is 0.352 e. The Bertz CT molecular complexity index is 380. The van der Waals surface area contributed by atoms with Gasteiger partial charge in [0.1, 0.15) is 0 Å². The first-order valence-electron chi connectivity index (χ1n) is 4.63. The normalized spacial score (nSPS) is 17.9. The Balaban J connectivity index is 2.35. The lowest BCUT2D eigenvalue weighted by Crippen LogP contribution is -2.40. The van der Waals surface area contributed by atoms with Crippen molar-refractivity contribution in [2.24, 2.45) is 0 Å². The van der Waals surface area contributed by atoms with Gasteiger partial charge in [0.05, 0.1) is 12.6 Å². The average molecular weight is 231 g/mol. The molecule has 6 nitrogen and oxygen atoms in total. The molecule has 0 spiro atoms. The topological polar surface area (TPSA) is 99.1 Å². The van der Waals surface area contributed by atoms with E-state index < -0.39 is 15.3 Å². The van der Waals surface area contributed by atoms with Crippen LogP contribution < -0.4 is 10.0 Å². The van der Waals surface area contributed by atoms with Gasteiger partial charge in [0, 0.05) is 6.04 Å². The van der Waals surface area contributed by atoms with Crippen LogP contribution in [0.1, 0.15) is 19.8 Å². The van der Waals surface area contributed by atoms with Crippen LogP contribution in [-0.4, -0.2) is 32.2 Å². The molecular formula is C8H13N3O3S. The molecule has 0 radical (unpaired) electrons. The summed E-state index contributed by atoms with van der Waals surface area (Å²) in [5.74, 6) is -0.355. The van der Waals surface area contributed by atoms with Gasteiger partial charge in [-0.1, -0.05) is 0 Å². The molecule has 1 atom stereocenters. The summed E-state index contributed by atoms with van der Waals surface area (Å²) >= 11 is 0. The van der Waals surface area contributed by atoms with Crippen molar-refractivity contribution in [3.05, 3.63) is 0 Å². The number of rotatable bonds is 5. The van der Waals surface area contributed by atoms with Crippen LogP contribution in [0, 0.1) is 11.3 Å². The van der Waals surface area contributed by atoms with E-state index in [1.165, 1.54) is 6.92 Å². The molecule has 1 amide bonds. The maximum absolute atomic E-state index is 11.3. The van der Waals surface area contributed by atoms with E-state index in [4.69, 9.17) is 5.26 Å². The fourth-order valence-electron chi connectivity index (χ4n) is 0.867. The minimum Gasteiger partial charge on any atom is -0.352 e. The molecule has 0 heterocycles. The van der Waals surface area contributed by atoms with Crippen molar-refractivity contribution in [2.45, 2.75) is 31.1 Å². The minimum atomic E-state index is -3.69. The van der Waals surface area contributed by atoms with Gasteiger partial charge in [-0.05, 0) is 19.8 Å². The number of carbonyl (C=O) groups is 1. The number of nitriles is 1. The zero-order chi connectivity index (χ0) is 11.5. The van der Waals surface area contributed by atoms with Crippen LogP contribution in [0.5, 0.6) is 0 Å². The van der Waals surface area contributed by atoms with Crippen LogP contribution in [0.4, 0.5) is 0 Å². The van der Waals surface area contributed by atoms with Gasteiger partial charge in [-0.15, -0.1) is 0 Å². The maximum Gasteiger partial charge on any atom is 0.235 e. The van der Waals surface area contributed by atoms with Crippen molar-refractivity contribution >= 4 is 15.9 Å². The van der Waals surface area contributed by atoms with Crippen LogP contribution in [0.2, 0.25) is 0 Å². The van der Waals surface area contributed by atoms with Gasteiger partial charge in [0.15, 0.2) is 5.25 Å². The zero-order valence-corrected chi connectivity index (χ0v) is 9.17. The summed E-state index contributed by atoms with van der Waals surface area (Å²) in [6.45, 7) is 0.964. The van der Waals surface area contributed by atoms with Crippen LogP contribution in [0.3, 0.4) is 0 Å². The third kappa shape index (κ3) is 3.85. The van der Waals surface area contributed by atoms with Crippen molar-refractivity contribution in [2.75, 3.05) is 6.54 Å². The Morgan fingerprint density at radius 2 is 2.20 bits per heavy atom. The summed E-state index contributed by atoms with van der Waals surface area (Å²) in [4.78, 5) is 11.1. The van der Waals surface area contributed by atoms with Crippen molar-refractivity contribution in [1.29, 1.82) is 5.26 Å². The molecule has 0 aliphatic heterocycles. The quantitative estimate of drug-likeness (QED) is 0.640. The lowest BCUT2D eigenvalue weighted by atomic mass is 10.5. The third-order valence-corrected chi connectivity index (χ3v) is 3.61. The van der Waals surface area contributed by atoms with Crippen molar-refractivity contribution in [3.8, 4) is 6.07 Å². The predicted molar refractivity (Wildman–Crippen MR) is 53.2 cm³/mol. The number of nitrogens with one attached hydrogen (secondary N) is 2. The first-order chi connectivity index (χ1) is 6.95. The number of amides is 1. The van der Waals surface area contributed by atoms with E-state index in [2.05, 4.69) is 10.0 Å². The summed E-state index contributed by atoms with van der Waals surface area (Å²) in [5.41, 5.74) is 0. The van der Waals surface area contributed by atoms with Crippen molar-refractivity contribution in [1.82, 2.24) is 10.0 Å². The number of sulfonamides is 1. The van der Waals surface area contributed by atoms with Crippen LogP contribution in [0.25, 0.3) is 0 Å². The van der Waals surface area contributed by atoms with Crippen molar-refractivity contribution < 1.29 is 13.2 Å². The van der Waals surface area contributed by atoms with Gasteiger partial charge in [-0.2, -0.15) is 5.26 Å². The number of carbonyl (C=O) groups excluding carboxylic acids is 1. The summed E-state index contributed by atoms with van der Waals surface area (Å²) in [5, 5.41) is 9.91. The van der Waals surface area contributed by atoms with E-state index in [9.17, 15) is 13.2 Å². The van der Waals surface area contributed by atoms with E-state index >= 15 is 0 Å². The Morgan fingerprint density at radius 3 is 2.67 bits per heavy atom. The monoisotopic (exact) mass is 231 g/mol. The fourth-order valence-corrected chi connectivity index (χ4v) is 1.59. The van der Waals surface area contributed by atoms with Crippen LogP contribution in [-0.2, 0) is 14.8 Å². The highest BCUT2D eigenvalue weighted by molar-refractivity contribution is 7.90. The summed E-state index contributed by atoms with van der Waals surface area (Å²) in [6, 6.07) is 1.80. The second kappa shape index (κ2) is 4.59. The van der Waals surface area contributed by atoms with E-state index in [-0.39, 0.29) is 18.5 Å². The van der Waals surface area contributed by atoms with Crippen LogP contribution >= 0.6 is 0 Å². The second-order valence-electron chi connectivity index (χ2n) is 3.48. The van der Waals surface area contributed by atoms with Crippen molar-refractivity contribution in [3.63, 3.8) is 0 Å². The molecule has 15 heavy (non-hydrogen) atoms. The highest BCUT2D eigenvalue weighted by Gasteiger charge is 2.25. The van der Waals surface area contributed by atoms with E-state index in [0.717, 1.165) is 12.8 Å².